The van der Waals surface area contributed by atoms with E-state index in [1.54, 1.807) is 44.6 Å². The number of nitrogens with one attached hydrogen (secondary N) is 1. The van der Waals surface area contributed by atoms with Gasteiger partial charge in [0.25, 0.3) is 0 Å². The van der Waals surface area contributed by atoms with Crippen LogP contribution in [-0.2, 0) is 11.2 Å². The lowest BCUT2D eigenvalue weighted by Crippen LogP contribution is -2.30. The first kappa shape index (κ1) is 17.5. The van der Waals surface area contributed by atoms with Crippen molar-refractivity contribution in [1.29, 1.82) is 0 Å². The SMILES string of the molecule is COc1ccc(CC(=O)NCC(=O)c2ccc(C)cc2)cc1OC. The van der Waals surface area contributed by atoms with Gasteiger partial charge in [0.05, 0.1) is 27.2 Å². The second-order valence-electron chi connectivity index (χ2n) is 5.43. The summed E-state index contributed by atoms with van der Waals surface area (Å²) in [7, 11) is 3.10. The van der Waals surface area contributed by atoms with E-state index in [-0.39, 0.29) is 24.7 Å². The van der Waals surface area contributed by atoms with Gasteiger partial charge in [-0.15, -0.1) is 0 Å². The molecule has 0 radical (unpaired) electrons. The van der Waals surface area contributed by atoms with Crippen LogP contribution in [0.4, 0.5) is 0 Å². The fourth-order valence-electron chi connectivity index (χ4n) is 2.26. The lowest BCUT2D eigenvalue weighted by molar-refractivity contribution is -0.120. The van der Waals surface area contributed by atoms with Crippen LogP contribution in [0.2, 0.25) is 0 Å². The third-order valence-corrected chi connectivity index (χ3v) is 3.63. The fraction of sp³-hybridized carbons (Fsp3) is 0.263. The van der Waals surface area contributed by atoms with Crippen LogP contribution in [0.3, 0.4) is 0 Å². The summed E-state index contributed by atoms with van der Waals surface area (Å²) < 4.78 is 10.4. The highest BCUT2D eigenvalue weighted by Crippen LogP contribution is 2.27. The standard InChI is InChI=1S/C19H21NO4/c1-13-4-7-15(8-5-13)16(21)12-20-19(22)11-14-6-9-17(23-2)18(10-14)24-3/h4-10H,11-12H2,1-3H3,(H,20,22). The molecule has 5 nitrogen and oxygen atoms in total. The van der Waals surface area contributed by atoms with Gasteiger partial charge >= 0.3 is 0 Å². The summed E-state index contributed by atoms with van der Waals surface area (Å²) in [5.74, 6) is 0.841. The molecule has 1 N–H and O–H groups in total. The minimum Gasteiger partial charge on any atom is -0.493 e. The lowest BCUT2D eigenvalue weighted by atomic mass is 10.1. The molecule has 0 aromatic heterocycles. The van der Waals surface area contributed by atoms with Crippen LogP contribution < -0.4 is 14.8 Å². The number of amides is 1. The zero-order chi connectivity index (χ0) is 17.5. The molecule has 0 atom stereocenters. The quantitative estimate of drug-likeness (QED) is 0.794. The number of rotatable bonds is 7. The lowest BCUT2D eigenvalue weighted by Gasteiger charge is -2.10. The second kappa shape index (κ2) is 8.15. The zero-order valence-electron chi connectivity index (χ0n) is 14.1. The highest BCUT2D eigenvalue weighted by atomic mass is 16.5. The van der Waals surface area contributed by atoms with Crippen LogP contribution in [0, 0.1) is 6.92 Å². The van der Waals surface area contributed by atoms with Gasteiger partial charge in [-0.25, -0.2) is 0 Å². The highest BCUT2D eigenvalue weighted by Gasteiger charge is 2.10. The predicted octanol–water partition coefficient (Wildman–Crippen LogP) is 2.55. The van der Waals surface area contributed by atoms with Crippen LogP contribution in [0.1, 0.15) is 21.5 Å². The van der Waals surface area contributed by atoms with Crippen molar-refractivity contribution >= 4 is 11.7 Å². The maximum atomic E-state index is 12.0. The summed E-state index contributed by atoms with van der Waals surface area (Å²) in [6.07, 6.45) is 0.168. The Morgan fingerprint density at radius 2 is 1.62 bits per heavy atom. The van der Waals surface area contributed by atoms with E-state index in [2.05, 4.69) is 5.32 Å². The van der Waals surface area contributed by atoms with Crippen molar-refractivity contribution in [2.45, 2.75) is 13.3 Å². The molecule has 0 unspecified atom stereocenters. The number of Topliss-reactive ketones (excluding diaryl/α,β-unsaturated/α-hetero) is 1. The van der Waals surface area contributed by atoms with Crippen LogP contribution in [-0.4, -0.2) is 32.5 Å². The molecule has 2 aromatic carbocycles. The minimum absolute atomic E-state index is 0.0187. The van der Waals surface area contributed by atoms with Crippen LogP contribution in [0.25, 0.3) is 0 Å². The molecule has 0 aliphatic carbocycles. The van der Waals surface area contributed by atoms with Gasteiger partial charge in [-0.2, -0.15) is 0 Å². The molecular weight excluding hydrogens is 306 g/mol. The number of hydrogen-bond donors (Lipinski definition) is 1. The molecule has 2 aromatic rings. The molecule has 126 valence electrons. The average Bonchev–Trinajstić information content (AvgIpc) is 2.60. The van der Waals surface area contributed by atoms with E-state index in [9.17, 15) is 9.59 Å². The summed E-state index contributed by atoms with van der Waals surface area (Å²) >= 11 is 0. The van der Waals surface area contributed by atoms with Gasteiger partial charge in [-0.3, -0.25) is 9.59 Å². The Labute approximate surface area is 141 Å². The van der Waals surface area contributed by atoms with Gasteiger partial charge in [0.2, 0.25) is 5.91 Å². The molecular formula is C19H21NO4. The molecule has 2 rings (SSSR count). The van der Waals surface area contributed by atoms with Crippen LogP contribution in [0.5, 0.6) is 11.5 Å². The smallest absolute Gasteiger partial charge is 0.224 e. The van der Waals surface area contributed by atoms with Crippen molar-refractivity contribution in [3.05, 3.63) is 59.2 Å². The van der Waals surface area contributed by atoms with Crippen molar-refractivity contribution in [2.24, 2.45) is 0 Å². The highest BCUT2D eigenvalue weighted by molar-refractivity contribution is 5.99. The number of aryl methyl sites for hydroxylation is 1. The van der Waals surface area contributed by atoms with E-state index in [0.29, 0.717) is 17.1 Å². The largest absolute Gasteiger partial charge is 0.493 e. The Bertz CT molecular complexity index is 723. The van der Waals surface area contributed by atoms with Crippen LogP contribution >= 0.6 is 0 Å². The summed E-state index contributed by atoms with van der Waals surface area (Å²) in [4.78, 5) is 24.1. The minimum atomic E-state index is -0.220. The summed E-state index contributed by atoms with van der Waals surface area (Å²) in [6, 6.07) is 12.6. The van der Waals surface area contributed by atoms with Crippen molar-refractivity contribution in [1.82, 2.24) is 5.32 Å². The molecule has 0 saturated carbocycles. The van der Waals surface area contributed by atoms with Gasteiger partial charge < -0.3 is 14.8 Å². The van der Waals surface area contributed by atoms with Crippen molar-refractivity contribution in [2.75, 3.05) is 20.8 Å². The molecule has 0 aliphatic rings. The number of benzene rings is 2. The topological polar surface area (TPSA) is 64.6 Å². The number of carbonyl (C=O) groups is 2. The molecule has 24 heavy (non-hydrogen) atoms. The Morgan fingerprint density at radius 3 is 2.25 bits per heavy atom. The monoisotopic (exact) mass is 327 g/mol. The molecule has 1 amide bonds. The van der Waals surface area contributed by atoms with E-state index < -0.39 is 0 Å². The Morgan fingerprint density at radius 1 is 0.958 bits per heavy atom. The molecule has 0 saturated heterocycles. The van der Waals surface area contributed by atoms with E-state index in [1.165, 1.54) is 0 Å². The van der Waals surface area contributed by atoms with Gasteiger partial charge in [0.15, 0.2) is 17.3 Å². The first-order valence-electron chi connectivity index (χ1n) is 7.61. The molecule has 0 heterocycles. The summed E-state index contributed by atoms with van der Waals surface area (Å²) in [6.45, 7) is 1.94. The second-order valence-corrected chi connectivity index (χ2v) is 5.43. The number of hydrogen-bond acceptors (Lipinski definition) is 4. The average molecular weight is 327 g/mol. The molecule has 0 bridgehead atoms. The normalized spacial score (nSPS) is 10.1. The Balaban J connectivity index is 1.91. The summed E-state index contributed by atoms with van der Waals surface area (Å²) in [5, 5.41) is 2.65. The number of ketones is 1. The van der Waals surface area contributed by atoms with E-state index in [4.69, 9.17) is 9.47 Å². The van der Waals surface area contributed by atoms with Gasteiger partial charge in [0, 0.05) is 5.56 Å². The van der Waals surface area contributed by atoms with Gasteiger partial charge in [-0.1, -0.05) is 35.9 Å². The first-order chi connectivity index (χ1) is 11.5. The van der Waals surface area contributed by atoms with Crippen LogP contribution in [0.15, 0.2) is 42.5 Å². The first-order valence-corrected chi connectivity index (χ1v) is 7.61. The molecule has 0 fully saturated rings. The van der Waals surface area contributed by atoms with E-state index in [1.807, 2.05) is 19.1 Å². The number of ether oxygens (including phenoxy) is 2. The third-order valence-electron chi connectivity index (χ3n) is 3.63. The predicted molar refractivity (Wildman–Crippen MR) is 91.8 cm³/mol. The van der Waals surface area contributed by atoms with Crippen molar-refractivity contribution in [3.8, 4) is 11.5 Å². The van der Waals surface area contributed by atoms with Gasteiger partial charge in [-0.05, 0) is 24.6 Å². The van der Waals surface area contributed by atoms with Crippen molar-refractivity contribution in [3.63, 3.8) is 0 Å². The number of methoxy groups -OCH3 is 2. The molecule has 0 spiro atoms. The van der Waals surface area contributed by atoms with Gasteiger partial charge in [0.1, 0.15) is 0 Å². The third kappa shape index (κ3) is 4.59. The Hall–Kier alpha value is -2.82. The molecule has 5 heteroatoms. The van der Waals surface area contributed by atoms with E-state index in [0.717, 1.165) is 11.1 Å². The number of carbonyl (C=O) groups excluding carboxylic acids is 2. The summed E-state index contributed by atoms with van der Waals surface area (Å²) in [5.41, 5.74) is 2.46. The fourth-order valence-corrected chi connectivity index (χ4v) is 2.26. The van der Waals surface area contributed by atoms with E-state index >= 15 is 0 Å². The van der Waals surface area contributed by atoms with Crippen molar-refractivity contribution < 1.29 is 19.1 Å². The maximum absolute atomic E-state index is 12.0. The molecule has 0 aliphatic heterocycles. The maximum Gasteiger partial charge on any atom is 0.224 e. The zero-order valence-corrected chi connectivity index (χ0v) is 14.1. The Kier molecular flexibility index (Phi) is 5.95.